The fourth-order valence-corrected chi connectivity index (χ4v) is 3.16. The highest BCUT2D eigenvalue weighted by Crippen LogP contribution is 2.33. The van der Waals surface area contributed by atoms with Gasteiger partial charge in [-0.1, -0.05) is 26.0 Å². The Morgan fingerprint density at radius 1 is 1.32 bits per heavy atom. The van der Waals surface area contributed by atoms with Crippen molar-refractivity contribution in [3.63, 3.8) is 0 Å². The molecule has 1 aromatic heterocycles. The van der Waals surface area contributed by atoms with E-state index in [1.54, 1.807) is 12.1 Å². The van der Waals surface area contributed by atoms with Crippen molar-refractivity contribution >= 4 is 17.8 Å². The Bertz CT molecular complexity index is 826. The van der Waals surface area contributed by atoms with Crippen molar-refractivity contribution in [1.29, 1.82) is 5.26 Å². The monoisotopic (exact) mass is 380 g/mol. The molecular weight excluding hydrogens is 348 g/mol. The number of carbonyl (C=O) groups excluding carboxylic acids is 1. The summed E-state index contributed by atoms with van der Waals surface area (Å²) < 4.78 is 0. The third kappa shape index (κ3) is 6.09. The molecule has 0 saturated carbocycles. The summed E-state index contributed by atoms with van der Waals surface area (Å²) in [5, 5.41) is 8.44. The van der Waals surface area contributed by atoms with Gasteiger partial charge in [0.1, 0.15) is 18.2 Å². The molecular formula is C23H32N4O. The molecule has 0 spiro atoms. The van der Waals surface area contributed by atoms with Gasteiger partial charge in [-0.3, -0.25) is 0 Å². The first-order valence-corrected chi connectivity index (χ1v) is 9.66. The van der Waals surface area contributed by atoms with Crippen molar-refractivity contribution in [2.24, 2.45) is 5.92 Å². The summed E-state index contributed by atoms with van der Waals surface area (Å²) in [5.41, 5.74) is 11.1. The van der Waals surface area contributed by atoms with E-state index in [1.807, 2.05) is 13.0 Å². The van der Waals surface area contributed by atoms with Crippen LogP contribution in [-0.2, 0) is 17.6 Å². The van der Waals surface area contributed by atoms with Crippen LogP contribution >= 0.6 is 0 Å². The predicted molar refractivity (Wildman–Crippen MR) is 116 cm³/mol. The van der Waals surface area contributed by atoms with Gasteiger partial charge in [0.05, 0.1) is 5.56 Å². The number of nitrogen functional groups attached to an aromatic ring is 1. The van der Waals surface area contributed by atoms with E-state index in [1.165, 1.54) is 30.2 Å². The maximum absolute atomic E-state index is 8.81. The molecule has 1 aromatic carbocycles. The summed E-state index contributed by atoms with van der Waals surface area (Å²) >= 11 is 0. The number of benzene rings is 1. The van der Waals surface area contributed by atoms with Crippen molar-refractivity contribution in [3.8, 4) is 6.07 Å². The lowest BCUT2D eigenvalue weighted by Crippen LogP contribution is -2.39. The third-order valence-electron chi connectivity index (χ3n) is 5.09. The lowest BCUT2D eigenvalue weighted by molar-refractivity contribution is -0.106. The van der Waals surface area contributed by atoms with Gasteiger partial charge in [0.2, 0.25) is 0 Å². The highest BCUT2D eigenvalue weighted by Gasteiger charge is 2.25. The van der Waals surface area contributed by atoms with E-state index in [2.05, 4.69) is 55.9 Å². The first kappa shape index (κ1) is 23.2. The average molecular weight is 381 g/mol. The van der Waals surface area contributed by atoms with Gasteiger partial charge in [-0.05, 0) is 68.9 Å². The molecule has 2 N–H and O–H groups in total. The smallest absolute Gasteiger partial charge is 0.141 e. The van der Waals surface area contributed by atoms with Gasteiger partial charge < -0.3 is 15.4 Å². The molecule has 2 heterocycles. The lowest BCUT2D eigenvalue weighted by atomic mass is 9.87. The van der Waals surface area contributed by atoms with Gasteiger partial charge in [-0.15, -0.1) is 0 Å². The van der Waals surface area contributed by atoms with Crippen LogP contribution in [-0.4, -0.2) is 24.4 Å². The number of nitrogens with two attached hydrogens (primary N) is 1. The van der Waals surface area contributed by atoms with Crippen LogP contribution in [0.1, 0.15) is 50.1 Å². The summed E-state index contributed by atoms with van der Waals surface area (Å²) in [5.74, 6) is 1.07. The van der Waals surface area contributed by atoms with Gasteiger partial charge in [0, 0.05) is 24.5 Å². The molecule has 5 nitrogen and oxygen atoms in total. The summed E-state index contributed by atoms with van der Waals surface area (Å²) in [7, 11) is 2.21. The van der Waals surface area contributed by atoms with Crippen LogP contribution in [0, 0.1) is 24.2 Å². The molecule has 3 rings (SSSR count). The average Bonchev–Trinajstić information content (AvgIpc) is 2.67. The molecule has 0 radical (unpaired) electrons. The molecule has 2 atom stereocenters. The Labute approximate surface area is 169 Å². The molecule has 28 heavy (non-hydrogen) atoms. The number of aldehydes is 1. The van der Waals surface area contributed by atoms with Gasteiger partial charge in [0.15, 0.2) is 0 Å². The van der Waals surface area contributed by atoms with E-state index in [0.717, 1.165) is 24.3 Å². The predicted octanol–water partition coefficient (Wildman–Crippen LogP) is 4.32. The SMILES string of the molecule is CC=O.CCc1ccc2c(c1)CC(C)[C@H](C)N2C.Cc1ccc(C#N)c(N)n1. The van der Waals surface area contributed by atoms with E-state index < -0.39 is 0 Å². The fourth-order valence-electron chi connectivity index (χ4n) is 3.16. The van der Waals surface area contributed by atoms with Crippen molar-refractivity contribution in [2.75, 3.05) is 17.7 Å². The number of nitrogens with zero attached hydrogens (tertiary/aromatic N) is 3. The zero-order chi connectivity index (χ0) is 21.3. The number of anilines is 2. The summed E-state index contributed by atoms with van der Waals surface area (Å²) in [6, 6.07) is 12.9. The summed E-state index contributed by atoms with van der Waals surface area (Å²) in [6.07, 6.45) is 3.12. The quantitative estimate of drug-likeness (QED) is 0.745. The second-order valence-corrected chi connectivity index (χ2v) is 7.08. The van der Waals surface area contributed by atoms with Crippen LogP contribution < -0.4 is 10.6 Å². The second kappa shape index (κ2) is 11.1. The Morgan fingerprint density at radius 2 is 1.96 bits per heavy atom. The maximum Gasteiger partial charge on any atom is 0.141 e. The number of pyridine rings is 1. The van der Waals surface area contributed by atoms with Crippen molar-refractivity contribution in [2.45, 2.75) is 53.5 Å². The highest BCUT2D eigenvalue weighted by atomic mass is 16.1. The van der Waals surface area contributed by atoms with Crippen LogP contribution in [0.2, 0.25) is 0 Å². The Hall–Kier alpha value is -2.87. The molecule has 2 aromatic rings. The number of aromatic nitrogens is 1. The molecule has 1 unspecified atom stereocenters. The van der Waals surface area contributed by atoms with Crippen LogP contribution in [0.25, 0.3) is 0 Å². The fraction of sp³-hybridized carbons (Fsp3) is 0.435. The van der Waals surface area contributed by atoms with Gasteiger partial charge in [0.25, 0.3) is 0 Å². The molecule has 0 bridgehead atoms. The number of fused-ring (bicyclic) bond motifs is 1. The van der Waals surface area contributed by atoms with Crippen LogP contribution in [0.5, 0.6) is 0 Å². The van der Waals surface area contributed by atoms with E-state index in [4.69, 9.17) is 15.8 Å². The maximum atomic E-state index is 8.81. The number of rotatable bonds is 1. The normalized spacial score (nSPS) is 17.1. The Morgan fingerprint density at radius 3 is 2.50 bits per heavy atom. The minimum atomic E-state index is 0.308. The molecule has 0 fully saturated rings. The van der Waals surface area contributed by atoms with Crippen molar-refractivity contribution < 1.29 is 4.79 Å². The van der Waals surface area contributed by atoms with Crippen molar-refractivity contribution in [3.05, 3.63) is 52.7 Å². The molecule has 0 amide bonds. The number of hydrogen-bond donors (Lipinski definition) is 1. The second-order valence-electron chi connectivity index (χ2n) is 7.08. The van der Waals surface area contributed by atoms with Gasteiger partial charge in [-0.2, -0.15) is 5.26 Å². The van der Waals surface area contributed by atoms with Gasteiger partial charge >= 0.3 is 0 Å². The van der Waals surface area contributed by atoms with E-state index >= 15 is 0 Å². The number of aryl methyl sites for hydroxylation is 2. The molecule has 1 aliphatic rings. The third-order valence-corrected chi connectivity index (χ3v) is 5.09. The van der Waals surface area contributed by atoms with E-state index in [9.17, 15) is 0 Å². The zero-order valence-corrected chi connectivity index (χ0v) is 17.9. The first-order chi connectivity index (χ1) is 13.3. The molecule has 5 heteroatoms. The van der Waals surface area contributed by atoms with Gasteiger partial charge in [-0.25, -0.2) is 4.98 Å². The molecule has 0 aliphatic carbocycles. The number of carbonyl (C=O) groups is 1. The number of hydrogen-bond acceptors (Lipinski definition) is 5. The molecule has 0 saturated heterocycles. The minimum Gasteiger partial charge on any atom is -0.383 e. The molecule has 1 aliphatic heterocycles. The van der Waals surface area contributed by atoms with E-state index in [-0.39, 0.29) is 0 Å². The highest BCUT2D eigenvalue weighted by molar-refractivity contribution is 5.57. The summed E-state index contributed by atoms with van der Waals surface area (Å²) in [6.45, 7) is 10.2. The first-order valence-electron chi connectivity index (χ1n) is 9.66. The van der Waals surface area contributed by atoms with Crippen LogP contribution in [0.3, 0.4) is 0 Å². The van der Waals surface area contributed by atoms with Crippen molar-refractivity contribution in [1.82, 2.24) is 4.98 Å². The minimum absolute atomic E-state index is 0.308. The molecule has 150 valence electrons. The van der Waals surface area contributed by atoms with Crippen LogP contribution in [0.4, 0.5) is 11.5 Å². The Kier molecular flexibility index (Phi) is 9.17. The van der Waals surface area contributed by atoms with E-state index in [0.29, 0.717) is 17.4 Å². The summed E-state index contributed by atoms with van der Waals surface area (Å²) in [4.78, 5) is 15.1. The zero-order valence-electron chi connectivity index (χ0n) is 17.9. The Balaban J connectivity index is 0.000000261. The number of nitriles is 1. The topological polar surface area (TPSA) is 83.0 Å². The standard InChI is InChI=1S/C14H21N.C7H7N3.C2H4O/c1-5-12-6-7-14-13(9-12)8-10(2)11(3)15(14)4;1-5-2-3-6(4-8)7(9)10-5;1-2-3/h6-7,9-11H,5,8H2,1-4H3;2-3H,1H3,(H2,9,10);2H,1H3/t10?,11-;;/m0../s1. The lowest BCUT2D eigenvalue weighted by Gasteiger charge is -2.38. The van der Waals surface area contributed by atoms with Crippen LogP contribution in [0.15, 0.2) is 30.3 Å². The largest absolute Gasteiger partial charge is 0.383 e.